The van der Waals surface area contributed by atoms with Crippen molar-refractivity contribution in [3.63, 3.8) is 0 Å². The first-order valence-corrected chi connectivity index (χ1v) is 14.2. The molecular formula is C28H29Br3N2O4. The van der Waals surface area contributed by atoms with E-state index in [0.29, 0.717) is 19.2 Å². The molecule has 0 spiro atoms. The van der Waals surface area contributed by atoms with Crippen LogP contribution in [-0.4, -0.2) is 45.2 Å². The summed E-state index contributed by atoms with van der Waals surface area (Å²) in [5.41, 5.74) is 4.25. The van der Waals surface area contributed by atoms with Crippen molar-refractivity contribution >= 4 is 53.8 Å². The number of aliphatic hydroxyl groups excluding tert-OH is 1. The highest BCUT2D eigenvalue weighted by Crippen LogP contribution is 2.41. The van der Waals surface area contributed by atoms with Crippen LogP contribution in [0.25, 0.3) is 0 Å². The fourth-order valence-corrected chi connectivity index (χ4v) is 6.37. The van der Waals surface area contributed by atoms with Crippen molar-refractivity contribution in [3.8, 4) is 5.75 Å². The van der Waals surface area contributed by atoms with E-state index >= 15 is 0 Å². The summed E-state index contributed by atoms with van der Waals surface area (Å²) in [7, 11) is 3.37. The summed E-state index contributed by atoms with van der Waals surface area (Å²) in [5.74, 6) is 0.816. The van der Waals surface area contributed by atoms with E-state index in [4.69, 9.17) is 19.2 Å². The number of hydrogen-bond acceptors (Lipinski definition) is 6. The van der Waals surface area contributed by atoms with Gasteiger partial charge in [-0.15, -0.1) is 0 Å². The van der Waals surface area contributed by atoms with Crippen molar-refractivity contribution in [2.24, 2.45) is 4.99 Å². The minimum atomic E-state index is -0.789. The monoisotopic (exact) mass is 694 g/mol. The van der Waals surface area contributed by atoms with Gasteiger partial charge in [-0.05, 0) is 83.6 Å². The standard InChI is InChI=1S/C28H29Br3N2O4/c1-17-8-20(4-5-26(17)36-3)28(21-9-18(6-7-35-2)10-22(29)13-21)16-37-27(33-28)32-25(15-34)19-11-23(30)14-24(31)12-19/h4-5,8-14,25,34H,6-7,15-16H2,1-3H3,(H,32,33). The Balaban J connectivity index is 1.79. The largest absolute Gasteiger partial charge is 0.496 e. The van der Waals surface area contributed by atoms with Gasteiger partial charge >= 0.3 is 0 Å². The molecule has 0 aromatic heterocycles. The molecule has 0 saturated heterocycles. The van der Waals surface area contributed by atoms with Crippen LogP contribution in [0.15, 0.2) is 73.0 Å². The topological polar surface area (TPSA) is 72.3 Å². The second kappa shape index (κ2) is 12.3. The molecule has 4 rings (SSSR count). The summed E-state index contributed by atoms with van der Waals surface area (Å²) in [6, 6.07) is 18.3. The van der Waals surface area contributed by atoms with Gasteiger partial charge in [-0.1, -0.05) is 59.9 Å². The number of ether oxygens (including phenoxy) is 3. The molecule has 2 unspecified atom stereocenters. The van der Waals surface area contributed by atoms with Crippen LogP contribution in [0.4, 0.5) is 0 Å². The van der Waals surface area contributed by atoms with Crippen LogP contribution in [0.1, 0.15) is 33.9 Å². The maximum absolute atomic E-state index is 10.2. The predicted octanol–water partition coefficient (Wildman–Crippen LogP) is 6.43. The van der Waals surface area contributed by atoms with Gasteiger partial charge in [0.25, 0.3) is 6.02 Å². The fourth-order valence-electron chi connectivity index (χ4n) is 4.50. The van der Waals surface area contributed by atoms with E-state index in [-0.39, 0.29) is 6.61 Å². The Kier molecular flexibility index (Phi) is 9.34. The number of nitrogens with one attached hydrogen (secondary N) is 1. The summed E-state index contributed by atoms with van der Waals surface area (Å²) >= 11 is 10.7. The highest BCUT2D eigenvalue weighted by molar-refractivity contribution is 9.11. The van der Waals surface area contributed by atoms with Gasteiger partial charge in [-0.2, -0.15) is 0 Å². The zero-order chi connectivity index (χ0) is 26.6. The SMILES string of the molecule is COCCc1cc(Br)cc(C2(c3ccc(OC)c(C)c3)COC(NC(CO)c3cc(Br)cc(Br)c3)=N2)c1. The van der Waals surface area contributed by atoms with E-state index in [9.17, 15) is 5.11 Å². The van der Waals surface area contributed by atoms with Crippen LogP contribution in [0.3, 0.4) is 0 Å². The number of aliphatic hydroxyl groups is 1. The molecule has 0 bridgehead atoms. The van der Waals surface area contributed by atoms with Crippen molar-refractivity contribution in [2.75, 3.05) is 34.0 Å². The first kappa shape index (κ1) is 28.1. The van der Waals surface area contributed by atoms with E-state index in [0.717, 1.165) is 53.4 Å². The number of benzene rings is 3. The molecule has 196 valence electrons. The van der Waals surface area contributed by atoms with E-state index < -0.39 is 11.6 Å². The number of aliphatic imine (C=N–C) groups is 1. The van der Waals surface area contributed by atoms with Crippen molar-refractivity contribution < 1.29 is 19.3 Å². The third-order valence-electron chi connectivity index (χ3n) is 6.38. The van der Waals surface area contributed by atoms with Crippen LogP contribution < -0.4 is 10.1 Å². The highest BCUT2D eigenvalue weighted by Gasteiger charge is 2.42. The molecular weight excluding hydrogens is 668 g/mol. The maximum atomic E-state index is 10.2. The summed E-state index contributed by atoms with van der Waals surface area (Å²) < 4.78 is 19.8. The van der Waals surface area contributed by atoms with E-state index in [1.807, 2.05) is 37.3 Å². The quantitative estimate of drug-likeness (QED) is 0.270. The number of amidine groups is 1. The number of hydrogen-bond donors (Lipinski definition) is 2. The van der Waals surface area contributed by atoms with E-state index in [1.165, 1.54) is 0 Å². The number of rotatable bonds is 9. The minimum absolute atomic E-state index is 0.127. The lowest BCUT2D eigenvalue weighted by molar-refractivity contribution is 0.202. The van der Waals surface area contributed by atoms with Crippen LogP contribution in [0.2, 0.25) is 0 Å². The number of nitrogens with zero attached hydrogens (tertiary/aromatic N) is 1. The average molecular weight is 697 g/mol. The zero-order valence-electron chi connectivity index (χ0n) is 20.9. The predicted molar refractivity (Wildman–Crippen MR) is 156 cm³/mol. The molecule has 6 nitrogen and oxygen atoms in total. The van der Waals surface area contributed by atoms with Crippen LogP contribution in [0.5, 0.6) is 5.75 Å². The van der Waals surface area contributed by atoms with Crippen molar-refractivity contribution in [3.05, 3.63) is 95.8 Å². The number of methoxy groups -OCH3 is 2. The van der Waals surface area contributed by atoms with Crippen molar-refractivity contribution in [1.29, 1.82) is 0 Å². The molecule has 3 aromatic rings. The molecule has 9 heteroatoms. The molecule has 0 fully saturated rings. The second-order valence-corrected chi connectivity index (χ2v) is 11.7. The minimum Gasteiger partial charge on any atom is -0.496 e. The summed E-state index contributed by atoms with van der Waals surface area (Å²) in [4.78, 5) is 5.13. The molecule has 0 amide bonds. The first-order valence-electron chi connectivity index (χ1n) is 11.8. The molecule has 0 radical (unpaired) electrons. The number of aryl methyl sites for hydroxylation is 1. The molecule has 0 saturated carbocycles. The molecule has 1 aliphatic rings. The highest BCUT2D eigenvalue weighted by atomic mass is 79.9. The Labute approximate surface area is 242 Å². The van der Waals surface area contributed by atoms with Crippen molar-refractivity contribution in [1.82, 2.24) is 5.32 Å². The van der Waals surface area contributed by atoms with Crippen LogP contribution in [0, 0.1) is 6.92 Å². The van der Waals surface area contributed by atoms with Gasteiger partial charge in [-0.3, -0.25) is 0 Å². The molecule has 1 heterocycles. The Morgan fingerprint density at radius 3 is 2.38 bits per heavy atom. The molecule has 0 aliphatic carbocycles. The van der Waals surface area contributed by atoms with Crippen LogP contribution in [-0.2, 0) is 21.4 Å². The average Bonchev–Trinajstić information content (AvgIpc) is 3.30. The Bertz CT molecular complexity index is 1280. The van der Waals surface area contributed by atoms with Gasteiger partial charge < -0.3 is 24.6 Å². The Hall–Kier alpha value is -1.91. The Morgan fingerprint density at radius 2 is 1.73 bits per heavy atom. The zero-order valence-corrected chi connectivity index (χ0v) is 25.6. The fraction of sp³-hybridized carbons (Fsp3) is 0.321. The maximum Gasteiger partial charge on any atom is 0.286 e. The second-order valence-electron chi connectivity index (χ2n) is 8.92. The van der Waals surface area contributed by atoms with Crippen molar-refractivity contribution in [2.45, 2.75) is 24.9 Å². The molecule has 37 heavy (non-hydrogen) atoms. The third kappa shape index (κ3) is 6.40. The van der Waals surface area contributed by atoms with Gasteiger partial charge in [0.1, 0.15) is 12.4 Å². The summed E-state index contributed by atoms with van der Waals surface area (Å²) in [6.07, 6.45) is 0.778. The Morgan fingerprint density at radius 1 is 1.00 bits per heavy atom. The van der Waals surface area contributed by atoms with Crippen LogP contribution >= 0.6 is 47.8 Å². The lowest BCUT2D eigenvalue weighted by atomic mass is 9.83. The van der Waals surface area contributed by atoms with Gasteiger partial charge in [-0.25, -0.2) is 4.99 Å². The summed E-state index contributed by atoms with van der Waals surface area (Å²) in [6.45, 7) is 2.82. The third-order valence-corrected chi connectivity index (χ3v) is 7.75. The molecule has 1 aliphatic heterocycles. The van der Waals surface area contributed by atoms with E-state index in [2.05, 4.69) is 77.4 Å². The molecule has 2 N–H and O–H groups in total. The molecule has 3 aromatic carbocycles. The number of halogens is 3. The lowest BCUT2D eigenvalue weighted by Crippen LogP contribution is -2.31. The van der Waals surface area contributed by atoms with Gasteiger partial charge in [0.2, 0.25) is 0 Å². The van der Waals surface area contributed by atoms with Gasteiger partial charge in [0.05, 0.1) is 26.4 Å². The van der Waals surface area contributed by atoms with Gasteiger partial charge in [0.15, 0.2) is 5.54 Å². The van der Waals surface area contributed by atoms with Gasteiger partial charge in [0, 0.05) is 20.5 Å². The molecule has 2 atom stereocenters. The normalized spacial score (nSPS) is 17.8. The van der Waals surface area contributed by atoms with E-state index in [1.54, 1.807) is 14.2 Å². The lowest BCUT2D eigenvalue weighted by Gasteiger charge is -2.27. The smallest absolute Gasteiger partial charge is 0.286 e. The first-order chi connectivity index (χ1) is 17.8. The summed E-state index contributed by atoms with van der Waals surface area (Å²) in [5, 5.41) is 13.5.